The van der Waals surface area contributed by atoms with Gasteiger partial charge in [-0.2, -0.15) is 0 Å². The fourth-order valence-electron chi connectivity index (χ4n) is 3.52. The lowest BCUT2D eigenvalue weighted by atomic mass is 10.0. The Kier molecular flexibility index (Phi) is 4.60. The van der Waals surface area contributed by atoms with Gasteiger partial charge in [0.25, 0.3) is 0 Å². The van der Waals surface area contributed by atoms with Crippen LogP contribution in [0.15, 0.2) is 30.5 Å². The van der Waals surface area contributed by atoms with E-state index in [1.807, 2.05) is 18.2 Å². The molecule has 24 heavy (non-hydrogen) atoms. The molecule has 0 unspecified atom stereocenters. The number of aromatic nitrogens is 1. The van der Waals surface area contributed by atoms with Crippen LogP contribution in [-0.2, 0) is 16.1 Å². The number of fused-ring (bicyclic) bond motifs is 1. The van der Waals surface area contributed by atoms with Crippen molar-refractivity contribution < 1.29 is 14.7 Å². The largest absolute Gasteiger partial charge is 0.481 e. The number of carboxylic acids is 1. The molecule has 128 valence electrons. The van der Waals surface area contributed by atoms with Gasteiger partial charge >= 0.3 is 5.97 Å². The summed E-state index contributed by atoms with van der Waals surface area (Å²) >= 11 is 0. The number of aliphatic carboxylic acids is 1. The molecule has 1 aromatic heterocycles. The predicted octanol–water partition coefficient (Wildman–Crippen LogP) is 3.74. The Morgan fingerprint density at radius 2 is 2.00 bits per heavy atom. The maximum Gasteiger partial charge on any atom is 0.306 e. The zero-order chi connectivity index (χ0) is 17.3. The number of anilines is 1. The molecule has 1 aliphatic rings. The first-order chi connectivity index (χ1) is 11.4. The second-order valence-electron chi connectivity index (χ2n) is 7.17. The highest BCUT2D eigenvalue weighted by Crippen LogP contribution is 2.32. The molecular formula is C19H24N2O3. The molecule has 1 aromatic carbocycles. The fourth-order valence-corrected chi connectivity index (χ4v) is 3.52. The van der Waals surface area contributed by atoms with Gasteiger partial charge in [-0.1, -0.05) is 13.8 Å². The molecule has 3 rings (SSSR count). The summed E-state index contributed by atoms with van der Waals surface area (Å²) in [5.41, 5.74) is 1.93. The van der Waals surface area contributed by atoms with Gasteiger partial charge < -0.3 is 15.0 Å². The average molecular weight is 328 g/mol. The molecule has 5 heteroatoms. The lowest BCUT2D eigenvalue weighted by Crippen LogP contribution is -2.21. The van der Waals surface area contributed by atoms with Gasteiger partial charge in [-0.3, -0.25) is 9.59 Å². The fraction of sp³-hybridized carbons (Fsp3) is 0.474. The van der Waals surface area contributed by atoms with Gasteiger partial charge in [0.15, 0.2) is 0 Å². The predicted molar refractivity (Wildman–Crippen MR) is 93.9 cm³/mol. The van der Waals surface area contributed by atoms with Gasteiger partial charge in [0, 0.05) is 35.2 Å². The van der Waals surface area contributed by atoms with Crippen LogP contribution in [-0.4, -0.2) is 21.6 Å². The monoisotopic (exact) mass is 328 g/mol. The Hall–Kier alpha value is -2.30. The van der Waals surface area contributed by atoms with E-state index >= 15 is 0 Å². The van der Waals surface area contributed by atoms with Gasteiger partial charge in [0.1, 0.15) is 0 Å². The maximum absolute atomic E-state index is 12.4. The zero-order valence-electron chi connectivity index (χ0n) is 14.2. The molecule has 0 bridgehead atoms. The minimum Gasteiger partial charge on any atom is -0.481 e. The highest BCUT2D eigenvalue weighted by molar-refractivity contribution is 5.95. The number of carbonyl (C=O) groups excluding carboxylic acids is 1. The molecule has 0 radical (unpaired) electrons. The van der Waals surface area contributed by atoms with Crippen LogP contribution < -0.4 is 5.32 Å². The SMILES string of the molecule is CC(C)Cn1ccc2cc(NC(=O)[C@@H]3CC[C@H](C(=O)O)C3)ccc21. The summed E-state index contributed by atoms with van der Waals surface area (Å²) in [5.74, 6) is -0.872. The summed E-state index contributed by atoms with van der Waals surface area (Å²) in [6.07, 6.45) is 3.75. The first-order valence-electron chi connectivity index (χ1n) is 8.56. The Bertz CT molecular complexity index is 763. The number of hydrogen-bond donors (Lipinski definition) is 2. The molecule has 1 amide bonds. The third-order valence-corrected chi connectivity index (χ3v) is 4.75. The van der Waals surface area contributed by atoms with Crippen LogP contribution in [0.25, 0.3) is 10.9 Å². The lowest BCUT2D eigenvalue weighted by Gasteiger charge is -2.12. The number of carbonyl (C=O) groups is 2. The van der Waals surface area contributed by atoms with Crippen molar-refractivity contribution in [3.05, 3.63) is 30.5 Å². The number of benzene rings is 1. The van der Waals surface area contributed by atoms with Crippen molar-refractivity contribution >= 4 is 28.5 Å². The second-order valence-corrected chi connectivity index (χ2v) is 7.17. The van der Waals surface area contributed by atoms with Crippen LogP contribution in [0.5, 0.6) is 0 Å². The Morgan fingerprint density at radius 3 is 2.67 bits per heavy atom. The van der Waals surface area contributed by atoms with Gasteiger partial charge in [0.2, 0.25) is 5.91 Å². The quantitative estimate of drug-likeness (QED) is 0.878. The van der Waals surface area contributed by atoms with E-state index in [0.29, 0.717) is 25.2 Å². The minimum atomic E-state index is -0.793. The summed E-state index contributed by atoms with van der Waals surface area (Å²) in [4.78, 5) is 23.4. The molecule has 1 aliphatic carbocycles. The third-order valence-electron chi connectivity index (χ3n) is 4.75. The summed E-state index contributed by atoms with van der Waals surface area (Å²) in [5, 5.41) is 13.1. The molecule has 0 spiro atoms. The third kappa shape index (κ3) is 3.45. The Labute approximate surface area is 141 Å². The van der Waals surface area contributed by atoms with Gasteiger partial charge in [-0.05, 0) is 49.4 Å². The Balaban J connectivity index is 1.69. The number of amides is 1. The van der Waals surface area contributed by atoms with E-state index in [1.54, 1.807) is 0 Å². The molecular weight excluding hydrogens is 304 g/mol. The van der Waals surface area contributed by atoms with E-state index < -0.39 is 5.97 Å². The first kappa shape index (κ1) is 16.6. The summed E-state index contributed by atoms with van der Waals surface area (Å²) in [6.45, 7) is 5.34. The normalized spacial score (nSPS) is 20.6. The minimum absolute atomic E-state index is 0.0697. The van der Waals surface area contributed by atoms with Crippen molar-refractivity contribution in [2.45, 2.75) is 39.7 Å². The highest BCUT2D eigenvalue weighted by atomic mass is 16.4. The van der Waals surface area contributed by atoms with E-state index in [-0.39, 0.29) is 17.7 Å². The van der Waals surface area contributed by atoms with E-state index in [2.05, 4.69) is 36.0 Å². The molecule has 1 fully saturated rings. The number of carboxylic acid groups (broad SMARTS) is 1. The van der Waals surface area contributed by atoms with Crippen molar-refractivity contribution in [1.29, 1.82) is 0 Å². The number of hydrogen-bond acceptors (Lipinski definition) is 2. The van der Waals surface area contributed by atoms with Crippen LogP contribution >= 0.6 is 0 Å². The molecule has 1 heterocycles. The molecule has 0 aliphatic heterocycles. The molecule has 2 aromatic rings. The molecule has 1 saturated carbocycles. The summed E-state index contributed by atoms with van der Waals surface area (Å²) in [6, 6.07) is 7.99. The van der Waals surface area contributed by atoms with Gasteiger partial charge in [0.05, 0.1) is 5.92 Å². The van der Waals surface area contributed by atoms with Crippen molar-refractivity contribution in [2.24, 2.45) is 17.8 Å². The zero-order valence-corrected chi connectivity index (χ0v) is 14.2. The highest BCUT2D eigenvalue weighted by Gasteiger charge is 2.33. The number of rotatable bonds is 5. The molecule has 2 atom stereocenters. The second kappa shape index (κ2) is 6.67. The maximum atomic E-state index is 12.4. The van der Waals surface area contributed by atoms with Crippen LogP contribution in [0, 0.1) is 17.8 Å². The van der Waals surface area contributed by atoms with E-state index in [1.165, 1.54) is 0 Å². The van der Waals surface area contributed by atoms with E-state index in [9.17, 15) is 9.59 Å². The van der Waals surface area contributed by atoms with Gasteiger partial charge in [-0.15, -0.1) is 0 Å². The standard InChI is InChI=1S/C19H24N2O3/c1-12(2)11-21-8-7-13-10-16(5-6-17(13)21)20-18(22)14-3-4-15(9-14)19(23)24/h5-8,10,12,14-15H,3-4,9,11H2,1-2H3,(H,20,22)(H,23,24)/t14-,15+/m1/s1. The number of nitrogens with one attached hydrogen (secondary N) is 1. The van der Waals surface area contributed by atoms with Crippen molar-refractivity contribution in [3.63, 3.8) is 0 Å². The van der Waals surface area contributed by atoms with E-state index in [4.69, 9.17) is 5.11 Å². The molecule has 5 nitrogen and oxygen atoms in total. The van der Waals surface area contributed by atoms with Crippen molar-refractivity contribution in [3.8, 4) is 0 Å². The summed E-state index contributed by atoms with van der Waals surface area (Å²) in [7, 11) is 0. The lowest BCUT2D eigenvalue weighted by molar-refractivity contribution is -0.141. The molecule has 0 saturated heterocycles. The van der Waals surface area contributed by atoms with E-state index in [0.717, 1.165) is 23.1 Å². The van der Waals surface area contributed by atoms with Crippen LogP contribution in [0.1, 0.15) is 33.1 Å². The van der Waals surface area contributed by atoms with Gasteiger partial charge in [-0.25, -0.2) is 0 Å². The van der Waals surface area contributed by atoms with Crippen LogP contribution in [0.2, 0.25) is 0 Å². The molecule has 2 N–H and O–H groups in total. The van der Waals surface area contributed by atoms with Crippen LogP contribution in [0.4, 0.5) is 5.69 Å². The average Bonchev–Trinajstić information content (AvgIpc) is 3.14. The Morgan fingerprint density at radius 1 is 1.25 bits per heavy atom. The summed E-state index contributed by atoms with van der Waals surface area (Å²) < 4.78 is 2.22. The topological polar surface area (TPSA) is 71.3 Å². The smallest absolute Gasteiger partial charge is 0.306 e. The number of nitrogens with zero attached hydrogens (tertiary/aromatic N) is 1. The first-order valence-corrected chi connectivity index (χ1v) is 8.56. The van der Waals surface area contributed by atoms with Crippen molar-refractivity contribution in [1.82, 2.24) is 4.57 Å². The van der Waals surface area contributed by atoms with Crippen LogP contribution in [0.3, 0.4) is 0 Å². The van der Waals surface area contributed by atoms with Crippen molar-refractivity contribution in [2.75, 3.05) is 5.32 Å².